The van der Waals surface area contributed by atoms with Gasteiger partial charge in [0.25, 0.3) is 0 Å². The summed E-state index contributed by atoms with van der Waals surface area (Å²) in [5.74, 6) is -1.54. The van der Waals surface area contributed by atoms with E-state index >= 15 is 0 Å². The number of nitrogens with one attached hydrogen (secondary N) is 1. The smallest absolute Gasteiger partial charge is 0.163 e. The van der Waals surface area contributed by atoms with Crippen molar-refractivity contribution < 1.29 is 13.5 Å². The van der Waals surface area contributed by atoms with Gasteiger partial charge in [-0.15, -0.1) is 0 Å². The first-order valence-electron chi connectivity index (χ1n) is 6.87. The Kier molecular flexibility index (Phi) is 6.95. The number of rotatable bonds is 8. The van der Waals surface area contributed by atoms with Crippen LogP contribution in [0.1, 0.15) is 43.9 Å². The fourth-order valence-corrected chi connectivity index (χ4v) is 1.85. The van der Waals surface area contributed by atoms with Crippen LogP contribution in [0.5, 0.6) is 0 Å². The Labute approximate surface area is 114 Å². The Balaban J connectivity index is 2.86. The molecule has 19 heavy (non-hydrogen) atoms. The van der Waals surface area contributed by atoms with Gasteiger partial charge in [0.15, 0.2) is 11.6 Å². The third-order valence-corrected chi connectivity index (χ3v) is 2.95. The monoisotopic (exact) mass is 271 g/mol. The quantitative estimate of drug-likeness (QED) is 0.727. The average molecular weight is 271 g/mol. The molecule has 0 bridgehead atoms. The lowest BCUT2D eigenvalue weighted by Crippen LogP contribution is -2.27. The van der Waals surface area contributed by atoms with E-state index in [0.29, 0.717) is 24.3 Å². The lowest BCUT2D eigenvalue weighted by atomic mass is 10.0. The molecular formula is C15H23F2NO. The molecule has 1 rings (SSSR count). The Bertz CT molecular complexity index is 396. The minimum absolute atomic E-state index is 0.304. The van der Waals surface area contributed by atoms with Crippen LogP contribution in [0.15, 0.2) is 12.1 Å². The zero-order valence-electron chi connectivity index (χ0n) is 11.9. The predicted octanol–water partition coefficient (Wildman–Crippen LogP) is 3.74. The van der Waals surface area contributed by atoms with Gasteiger partial charge >= 0.3 is 0 Å². The maximum atomic E-state index is 14.0. The van der Waals surface area contributed by atoms with E-state index < -0.39 is 11.6 Å². The van der Waals surface area contributed by atoms with Crippen molar-refractivity contribution in [2.24, 2.45) is 0 Å². The Hall–Kier alpha value is -1.00. The van der Waals surface area contributed by atoms with Crippen molar-refractivity contribution in [2.75, 3.05) is 19.8 Å². The number of hydrogen-bond donors (Lipinski definition) is 1. The molecule has 0 spiro atoms. The van der Waals surface area contributed by atoms with Crippen molar-refractivity contribution in [3.8, 4) is 0 Å². The standard InChI is InChI=1S/C15H23F2NO/c1-4-8-18-13(10-19-9-5-2)12-7-6-11(3)14(16)15(12)17/h6-7,13,18H,4-5,8-10H2,1-3H3. The minimum atomic E-state index is -0.770. The molecule has 1 aromatic carbocycles. The molecule has 0 heterocycles. The van der Waals surface area contributed by atoms with Gasteiger partial charge < -0.3 is 10.1 Å². The van der Waals surface area contributed by atoms with Crippen LogP contribution >= 0.6 is 0 Å². The van der Waals surface area contributed by atoms with Crippen LogP contribution < -0.4 is 5.32 Å². The summed E-state index contributed by atoms with van der Waals surface area (Å²) >= 11 is 0. The van der Waals surface area contributed by atoms with Gasteiger partial charge in [-0.3, -0.25) is 0 Å². The first kappa shape index (κ1) is 16.1. The van der Waals surface area contributed by atoms with Gasteiger partial charge in [0.2, 0.25) is 0 Å². The van der Waals surface area contributed by atoms with E-state index in [4.69, 9.17) is 4.74 Å². The summed E-state index contributed by atoms with van der Waals surface area (Å²) in [6.07, 6.45) is 1.84. The molecule has 0 saturated heterocycles. The van der Waals surface area contributed by atoms with Gasteiger partial charge in [-0.05, 0) is 31.9 Å². The fourth-order valence-electron chi connectivity index (χ4n) is 1.85. The van der Waals surface area contributed by atoms with E-state index in [1.165, 1.54) is 0 Å². The molecular weight excluding hydrogens is 248 g/mol. The summed E-state index contributed by atoms with van der Waals surface area (Å²) < 4.78 is 33.1. The maximum absolute atomic E-state index is 14.0. The molecule has 0 saturated carbocycles. The van der Waals surface area contributed by atoms with Crippen molar-refractivity contribution >= 4 is 0 Å². The predicted molar refractivity (Wildman–Crippen MR) is 73.2 cm³/mol. The molecule has 0 radical (unpaired) electrons. The zero-order valence-corrected chi connectivity index (χ0v) is 11.9. The van der Waals surface area contributed by atoms with Gasteiger partial charge in [0.1, 0.15) is 0 Å². The molecule has 0 aromatic heterocycles. The summed E-state index contributed by atoms with van der Waals surface area (Å²) in [6.45, 7) is 7.33. The molecule has 0 fully saturated rings. The molecule has 0 aliphatic rings. The van der Waals surface area contributed by atoms with E-state index in [1.54, 1.807) is 19.1 Å². The highest BCUT2D eigenvalue weighted by atomic mass is 19.2. The first-order valence-corrected chi connectivity index (χ1v) is 6.87. The first-order chi connectivity index (χ1) is 9.11. The Morgan fingerprint density at radius 1 is 1.16 bits per heavy atom. The Morgan fingerprint density at radius 3 is 2.53 bits per heavy atom. The fraction of sp³-hybridized carbons (Fsp3) is 0.600. The maximum Gasteiger partial charge on any atom is 0.163 e. The normalized spacial score (nSPS) is 12.7. The van der Waals surface area contributed by atoms with Crippen molar-refractivity contribution in [2.45, 2.75) is 39.7 Å². The van der Waals surface area contributed by atoms with Crippen molar-refractivity contribution in [1.29, 1.82) is 0 Å². The van der Waals surface area contributed by atoms with E-state index in [-0.39, 0.29) is 6.04 Å². The highest BCUT2D eigenvalue weighted by molar-refractivity contribution is 5.28. The van der Waals surface area contributed by atoms with Gasteiger partial charge in [-0.25, -0.2) is 8.78 Å². The average Bonchev–Trinajstić information content (AvgIpc) is 2.41. The molecule has 0 amide bonds. The second-order valence-corrected chi connectivity index (χ2v) is 4.68. The van der Waals surface area contributed by atoms with Crippen LogP contribution in [0.2, 0.25) is 0 Å². The molecule has 2 nitrogen and oxygen atoms in total. The van der Waals surface area contributed by atoms with Crippen LogP contribution in [0, 0.1) is 18.6 Å². The lowest BCUT2D eigenvalue weighted by Gasteiger charge is -2.20. The van der Waals surface area contributed by atoms with Crippen LogP contribution in [-0.4, -0.2) is 19.8 Å². The van der Waals surface area contributed by atoms with E-state index in [2.05, 4.69) is 5.32 Å². The zero-order chi connectivity index (χ0) is 14.3. The van der Waals surface area contributed by atoms with Crippen LogP contribution in [-0.2, 0) is 4.74 Å². The van der Waals surface area contributed by atoms with Gasteiger partial charge in [-0.1, -0.05) is 26.0 Å². The molecule has 0 aliphatic heterocycles. The number of benzene rings is 1. The SMILES string of the molecule is CCCNC(COCCC)c1ccc(C)c(F)c1F. The molecule has 0 aliphatic carbocycles. The number of ether oxygens (including phenoxy) is 1. The summed E-state index contributed by atoms with van der Waals surface area (Å²) in [5, 5.41) is 3.20. The van der Waals surface area contributed by atoms with Crippen molar-refractivity contribution in [3.63, 3.8) is 0 Å². The largest absolute Gasteiger partial charge is 0.379 e. The number of hydrogen-bond acceptors (Lipinski definition) is 2. The molecule has 4 heteroatoms. The number of halogens is 2. The van der Waals surface area contributed by atoms with Crippen LogP contribution in [0.4, 0.5) is 8.78 Å². The van der Waals surface area contributed by atoms with Crippen molar-refractivity contribution in [3.05, 3.63) is 34.9 Å². The van der Waals surface area contributed by atoms with E-state index in [0.717, 1.165) is 19.4 Å². The second-order valence-electron chi connectivity index (χ2n) is 4.68. The number of aryl methyl sites for hydroxylation is 1. The van der Waals surface area contributed by atoms with E-state index in [9.17, 15) is 8.78 Å². The summed E-state index contributed by atoms with van der Waals surface area (Å²) in [4.78, 5) is 0. The van der Waals surface area contributed by atoms with Crippen LogP contribution in [0.3, 0.4) is 0 Å². The highest BCUT2D eigenvalue weighted by Crippen LogP contribution is 2.22. The summed E-state index contributed by atoms with van der Waals surface area (Å²) in [6, 6.07) is 2.94. The summed E-state index contributed by atoms with van der Waals surface area (Å²) in [5.41, 5.74) is 0.664. The van der Waals surface area contributed by atoms with E-state index in [1.807, 2.05) is 13.8 Å². The topological polar surface area (TPSA) is 21.3 Å². The lowest BCUT2D eigenvalue weighted by molar-refractivity contribution is 0.110. The molecule has 1 unspecified atom stereocenters. The third kappa shape index (κ3) is 4.55. The second kappa shape index (κ2) is 8.23. The minimum Gasteiger partial charge on any atom is -0.379 e. The van der Waals surface area contributed by atoms with Gasteiger partial charge in [0.05, 0.1) is 12.6 Å². The van der Waals surface area contributed by atoms with Gasteiger partial charge in [0, 0.05) is 12.2 Å². The third-order valence-electron chi connectivity index (χ3n) is 2.95. The molecule has 1 aromatic rings. The molecule has 1 atom stereocenters. The molecule has 1 N–H and O–H groups in total. The van der Waals surface area contributed by atoms with Gasteiger partial charge in [-0.2, -0.15) is 0 Å². The highest BCUT2D eigenvalue weighted by Gasteiger charge is 2.19. The Morgan fingerprint density at radius 2 is 1.89 bits per heavy atom. The summed E-state index contributed by atoms with van der Waals surface area (Å²) in [7, 11) is 0. The van der Waals surface area contributed by atoms with Crippen LogP contribution in [0.25, 0.3) is 0 Å². The molecule has 108 valence electrons. The van der Waals surface area contributed by atoms with Crippen molar-refractivity contribution in [1.82, 2.24) is 5.32 Å².